The predicted octanol–water partition coefficient (Wildman–Crippen LogP) is -2.97. The van der Waals surface area contributed by atoms with Gasteiger partial charge in [0, 0.05) is 0 Å². The van der Waals surface area contributed by atoms with Gasteiger partial charge in [0.05, 0.1) is 13.2 Å². The minimum absolute atomic E-state index is 0.0630. The second-order valence-corrected chi connectivity index (χ2v) is 3.02. The van der Waals surface area contributed by atoms with Crippen molar-refractivity contribution in [3.05, 3.63) is 0 Å². The summed E-state index contributed by atoms with van der Waals surface area (Å²) in [5, 5.41) is 36.6. The fourth-order valence-corrected chi connectivity index (χ4v) is 1.24. The molecule has 0 amide bonds. The monoisotopic (exact) mass is 192 g/mol. The summed E-state index contributed by atoms with van der Waals surface area (Å²) >= 11 is 0. The quantitative estimate of drug-likeness (QED) is 0.348. The summed E-state index contributed by atoms with van der Waals surface area (Å²) in [4.78, 5) is 10.5. The molecule has 1 fully saturated rings. The van der Waals surface area contributed by atoms with Crippen molar-refractivity contribution in [3.63, 3.8) is 0 Å². The molecule has 4 N–H and O–H groups in total. The summed E-state index contributed by atoms with van der Waals surface area (Å²) < 4.78 is 4.78. The summed E-state index contributed by atoms with van der Waals surface area (Å²) in [7, 11) is 0. The molecule has 13 heavy (non-hydrogen) atoms. The second-order valence-electron chi connectivity index (χ2n) is 3.02. The standard InChI is InChI=1S/C7H12O6/c8-1-4-6(11)7(12,3-9)5(10)2-13-4/h3-6,8,10-12H,1-2H2/t4-,5+,6+,7-/m1/s1. The van der Waals surface area contributed by atoms with Gasteiger partial charge in [-0.15, -0.1) is 0 Å². The maximum absolute atomic E-state index is 10.5. The number of aliphatic hydroxyl groups excluding tert-OH is 3. The van der Waals surface area contributed by atoms with Gasteiger partial charge in [-0.25, -0.2) is 0 Å². The minimum Gasteiger partial charge on any atom is -0.394 e. The zero-order valence-electron chi connectivity index (χ0n) is 6.83. The third-order valence-electron chi connectivity index (χ3n) is 2.20. The molecular weight excluding hydrogens is 180 g/mol. The molecule has 0 aromatic heterocycles. The first-order valence-electron chi connectivity index (χ1n) is 3.83. The van der Waals surface area contributed by atoms with Crippen LogP contribution in [0.2, 0.25) is 0 Å². The Morgan fingerprint density at radius 1 is 1.54 bits per heavy atom. The molecule has 1 rings (SSSR count). The molecule has 1 heterocycles. The Hall–Kier alpha value is -0.530. The van der Waals surface area contributed by atoms with Crippen LogP contribution < -0.4 is 0 Å². The maximum Gasteiger partial charge on any atom is 0.176 e. The van der Waals surface area contributed by atoms with Crippen LogP contribution in [0, 0.1) is 0 Å². The molecule has 1 saturated heterocycles. The van der Waals surface area contributed by atoms with E-state index in [9.17, 15) is 15.0 Å². The Bertz CT molecular complexity index is 195. The van der Waals surface area contributed by atoms with Gasteiger partial charge < -0.3 is 25.2 Å². The van der Waals surface area contributed by atoms with Crippen molar-refractivity contribution in [2.75, 3.05) is 13.2 Å². The third kappa shape index (κ3) is 1.59. The first-order valence-corrected chi connectivity index (χ1v) is 3.83. The highest BCUT2D eigenvalue weighted by molar-refractivity contribution is 5.65. The molecule has 0 spiro atoms. The van der Waals surface area contributed by atoms with Crippen molar-refractivity contribution in [1.29, 1.82) is 0 Å². The molecule has 0 aromatic rings. The van der Waals surface area contributed by atoms with Gasteiger partial charge in [0.2, 0.25) is 0 Å². The Kier molecular flexibility index (Phi) is 2.99. The topological polar surface area (TPSA) is 107 Å². The summed E-state index contributed by atoms with van der Waals surface area (Å²) in [6.07, 6.45) is -4.06. The van der Waals surface area contributed by atoms with Crippen LogP contribution in [0.3, 0.4) is 0 Å². The summed E-state index contributed by atoms with van der Waals surface area (Å²) in [6, 6.07) is 0. The number of carbonyl (C=O) groups is 1. The summed E-state index contributed by atoms with van der Waals surface area (Å²) in [5.41, 5.74) is -2.24. The highest BCUT2D eigenvalue weighted by Gasteiger charge is 2.50. The van der Waals surface area contributed by atoms with Crippen LogP contribution in [0.25, 0.3) is 0 Å². The largest absolute Gasteiger partial charge is 0.394 e. The molecule has 6 nitrogen and oxygen atoms in total. The van der Waals surface area contributed by atoms with Crippen LogP contribution in [0.15, 0.2) is 0 Å². The maximum atomic E-state index is 10.5. The van der Waals surface area contributed by atoms with Gasteiger partial charge in [-0.1, -0.05) is 0 Å². The van der Waals surface area contributed by atoms with Crippen LogP contribution >= 0.6 is 0 Å². The fraction of sp³-hybridized carbons (Fsp3) is 0.857. The first kappa shape index (κ1) is 10.6. The van der Waals surface area contributed by atoms with Gasteiger partial charge >= 0.3 is 0 Å². The first-order chi connectivity index (χ1) is 6.06. The predicted molar refractivity (Wildman–Crippen MR) is 39.9 cm³/mol. The summed E-state index contributed by atoms with van der Waals surface area (Å²) in [6.45, 7) is -0.818. The fourth-order valence-electron chi connectivity index (χ4n) is 1.24. The minimum atomic E-state index is -2.24. The zero-order chi connectivity index (χ0) is 10.1. The zero-order valence-corrected chi connectivity index (χ0v) is 6.83. The van der Waals surface area contributed by atoms with Gasteiger partial charge in [0.15, 0.2) is 11.9 Å². The van der Waals surface area contributed by atoms with Crippen molar-refractivity contribution in [2.24, 2.45) is 0 Å². The Morgan fingerprint density at radius 2 is 2.15 bits per heavy atom. The number of ether oxygens (including phenoxy) is 1. The van der Waals surface area contributed by atoms with E-state index < -0.39 is 30.5 Å². The van der Waals surface area contributed by atoms with Crippen molar-refractivity contribution >= 4 is 6.29 Å². The Balaban J connectivity index is 2.83. The lowest BCUT2D eigenvalue weighted by Gasteiger charge is -2.40. The molecule has 1 aliphatic rings. The van der Waals surface area contributed by atoms with Crippen LogP contribution in [0.4, 0.5) is 0 Å². The van der Waals surface area contributed by atoms with E-state index in [-0.39, 0.29) is 12.9 Å². The van der Waals surface area contributed by atoms with Crippen molar-refractivity contribution < 1.29 is 30.0 Å². The SMILES string of the molecule is O=C[C@@]1(O)[C@@H](O)CO[C@H](CO)[C@@H]1O. The molecule has 0 unspecified atom stereocenters. The Labute approximate surface area is 74.4 Å². The van der Waals surface area contributed by atoms with Crippen LogP contribution in [-0.4, -0.2) is 63.8 Å². The molecule has 0 bridgehead atoms. The van der Waals surface area contributed by atoms with Crippen molar-refractivity contribution in [2.45, 2.75) is 23.9 Å². The number of aliphatic hydroxyl groups is 4. The van der Waals surface area contributed by atoms with Crippen molar-refractivity contribution in [1.82, 2.24) is 0 Å². The molecule has 0 aromatic carbocycles. The number of carbonyl (C=O) groups excluding carboxylic acids is 1. The van der Waals surface area contributed by atoms with Gasteiger partial charge in [-0.05, 0) is 0 Å². The number of hydrogen-bond donors (Lipinski definition) is 4. The average molecular weight is 192 g/mol. The highest BCUT2D eigenvalue weighted by Crippen LogP contribution is 2.23. The van der Waals surface area contributed by atoms with E-state index in [1.165, 1.54) is 0 Å². The molecule has 1 aliphatic heterocycles. The smallest absolute Gasteiger partial charge is 0.176 e. The lowest BCUT2D eigenvalue weighted by atomic mass is 9.86. The second kappa shape index (κ2) is 3.69. The van der Waals surface area contributed by atoms with Gasteiger partial charge in [-0.3, -0.25) is 4.79 Å². The molecule has 0 radical (unpaired) electrons. The third-order valence-corrected chi connectivity index (χ3v) is 2.20. The van der Waals surface area contributed by atoms with Crippen LogP contribution in [0.5, 0.6) is 0 Å². The van der Waals surface area contributed by atoms with E-state index in [4.69, 9.17) is 14.9 Å². The Morgan fingerprint density at radius 3 is 2.62 bits per heavy atom. The van der Waals surface area contributed by atoms with Crippen LogP contribution in [0.1, 0.15) is 0 Å². The molecule has 0 saturated carbocycles. The van der Waals surface area contributed by atoms with E-state index in [2.05, 4.69) is 0 Å². The van der Waals surface area contributed by atoms with Crippen molar-refractivity contribution in [3.8, 4) is 0 Å². The summed E-state index contributed by atoms with van der Waals surface area (Å²) in [5.74, 6) is 0. The van der Waals surface area contributed by atoms with E-state index in [0.29, 0.717) is 0 Å². The molecular formula is C7H12O6. The number of rotatable bonds is 2. The van der Waals surface area contributed by atoms with Crippen LogP contribution in [-0.2, 0) is 9.53 Å². The van der Waals surface area contributed by atoms with Gasteiger partial charge in [0.1, 0.15) is 18.3 Å². The lowest BCUT2D eigenvalue weighted by molar-refractivity contribution is -0.233. The van der Waals surface area contributed by atoms with E-state index >= 15 is 0 Å². The normalized spacial score (nSPS) is 46.0. The van der Waals surface area contributed by atoms with Gasteiger partial charge in [-0.2, -0.15) is 0 Å². The van der Waals surface area contributed by atoms with Gasteiger partial charge in [0.25, 0.3) is 0 Å². The molecule has 0 aliphatic carbocycles. The average Bonchev–Trinajstić information content (AvgIpc) is 2.15. The van der Waals surface area contributed by atoms with E-state index in [1.54, 1.807) is 0 Å². The molecule has 76 valence electrons. The molecule has 4 atom stereocenters. The lowest BCUT2D eigenvalue weighted by Crippen LogP contribution is -2.64. The van der Waals surface area contributed by atoms with E-state index in [0.717, 1.165) is 0 Å². The number of aldehydes is 1. The van der Waals surface area contributed by atoms with E-state index in [1.807, 2.05) is 0 Å². The molecule has 6 heteroatoms. The highest BCUT2D eigenvalue weighted by atomic mass is 16.5. The number of hydrogen-bond acceptors (Lipinski definition) is 6.